The first kappa shape index (κ1) is 95.5. The predicted molar refractivity (Wildman–Crippen MR) is 435 cm³/mol. The second kappa shape index (κ2) is 47.6. The van der Waals surface area contributed by atoms with Crippen LogP contribution in [0.4, 0.5) is 0 Å². The number of nitrogens with one attached hydrogen (secondary N) is 13. The van der Waals surface area contributed by atoms with Crippen LogP contribution in [-0.4, -0.2) is 196 Å². The van der Waals surface area contributed by atoms with Crippen molar-refractivity contribution in [3.8, 4) is 0 Å². The van der Waals surface area contributed by atoms with Crippen LogP contribution in [0.5, 0.6) is 0 Å². The maximum Gasteiger partial charge on any atom is 0.326 e. The molecule has 2 aromatic carbocycles. The Labute approximate surface area is 666 Å². The number of rotatable bonds is 51. The molecule has 12 amide bonds. The number of nitrogens with zero attached hydrogens (tertiary/aromatic N) is 2. The molecule has 0 unspecified atom stereocenters. The molecule has 0 saturated carbocycles. The van der Waals surface area contributed by atoms with Crippen LogP contribution in [0.25, 0.3) is 21.8 Å². The number of H-pyrrole nitrogens is 2. The fourth-order valence-electron chi connectivity index (χ4n) is 12.7. The van der Waals surface area contributed by atoms with Gasteiger partial charge in [0.2, 0.25) is 70.9 Å². The molecule has 0 saturated heterocycles. The summed E-state index contributed by atoms with van der Waals surface area (Å²) in [5, 5.41) is 41.7. The van der Waals surface area contributed by atoms with Crippen LogP contribution in [-0.2, 0) is 75.2 Å². The molecule has 0 aliphatic rings. The molecule has 0 aliphatic heterocycles. The lowest BCUT2D eigenvalue weighted by Gasteiger charge is -2.32. The molecule has 0 aliphatic carbocycles. The highest BCUT2D eigenvalue weighted by Gasteiger charge is 2.40. The van der Waals surface area contributed by atoms with Gasteiger partial charge in [-0.25, -0.2) is 4.79 Å². The number of carboxylic acids is 1. The van der Waals surface area contributed by atoms with Gasteiger partial charge in [-0.3, -0.25) is 67.5 Å². The summed E-state index contributed by atoms with van der Waals surface area (Å²) in [6.45, 7) is 21.0. The molecule has 36 nitrogen and oxygen atoms in total. The number of unbranched alkanes of at least 4 members (excludes halogenated alkanes) is 1. The summed E-state index contributed by atoms with van der Waals surface area (Å²) in [7, 11) is 0. The van der Waals surface area contributed by atoms with E-state index in [0.717, 1.165) is 0 Å². The summed E-state index contributed by atoms with van der Waals surface area (Å²) < 4.78 is 0. The number of benzene rings is 2. The first-order valence-corrected chi connectivity index (χ1v) is 39.3. The number of hydrogen-bond acceptors (Lipinski definition) is 17. The van der Waals surface area contributed by atoms with Gasteiger partial charge in [0.25, 0.3) is 0 Å². The van der Waals surface area contributed by atoms with Crippen LogP contribution >= 0.6 is 0 Å². The van der Waals surface area contributed by atoms with Gasteiger partial charge in [-0.2, -0.15) is 0 Å². The molecule has 0 fully saturated rings. The van der Waals surface area contributed by atoms with Crippen LogP contribution in [0.15, 0.2) is 70.9 Å². The van der Waals surface area contributed by atoms with Gasteiger partial charge in [-0.1, -0.05) is 132 Å². The SMILES string of the molecule is CC[C@H](C)[C@H](NC(=O)[C@H](CC(C)C)NC(=O)[C@H](Cc1c[nH]c2ccccc12)NC(=O)[C@H](CCCN=C(N)N)NC(=O)[C@H](CCC(N)=O)NC(=O)[C@@H](N)C(C)C)C(=O)N[C@H](C(=O)N[C@@H](Cc1c[nH]c2ccccc12)C(=O)N[C@H](C(=O)N[C@H](C(=O)N[C@@H](CCCN=C(N)N)C(=O)N[C@@H](CCCCN)C(=O)O)[C@@H](C)CC)C(C)C)C(C)C. The number of guanidine groups is 2. The zero-order valence-corrected chi connectivity index (χ0v) is 67.9. The van der Waals surface area contributed by atoms with E-state index in [4.69, 9.17) is 40.1 Å². The molecule has 632 valence electrons. The average Bonchev–Trinajstić information content (AvgIpc) is 1.63. The van der Waals surface area contributed by atoms with Crippen molar-refractivity contribution in [3.05, 3.63) is 72.1 Å². The lowest BCUT2D eigenvalue weighted by molar-refractivity contribution is -0.142. The van der Waals surface area contributed by atoms with Crippen molar-refractivity contribution in [1.82, 2.24) is 68.5 Å². The Kier molecular flexibility index (Phi) is 39.8. The fraction of sp³-hybridized carbons (Fsp3) is 0.603. The molecule has 114 heavy (non-hydrogen) atoms. The maximum atomic E-state index is 15.1. The van der Waals surface area contributed by atoms with Crippen LogP contribution in [0.2, 0.25) is 0 Å². The number of amides is 12. The summed E-state index contributed by atoms with van der Waals surface area (Å²) in [6, 6.07) is -1.74. The van der Waals surface area contributed by atoms with E-state index >= 15 is 24.0 Å². The predicted octanol–water partition coefficient (Wildman–Crippen LogP) is -0.213. The van der Waals surface area contributed by atoms with Crippen LogP contribution < -0.4 is 98.6 Å². The van der Waals surface area contributed by atoms with Crippen molar-refractivity contribution in [2.24, 2.45) is 85.6 Å². The van der Waals surface area contributed by atoms with E-state index in [2.05, 4.69) is 78.4 Å². The summed E-state index contributed by atoms with van der Waals surface area (Å²) in [5.74, 6) is -14.6. The molecule has 0 radical (unpaired) electrons. The molecule has 28 N–H and O–H groups in total. The van der Waals surface area contributed by atoms with Crippen molar-refractivity contribution in [2.45, 2.75) is 245 Å². The van der Waals surface area contributed by atoms with Gasteiger partial charge in [0.15, 0.2) is 11.9 Å². The Morgan fingerprint density at radius 2 is 0.746 bits per heavy atom. The highest BCUT2D eigenvalue weighted by atomic mass is 16.4. The number of hydrogen-bond donors (Lipinski definition) is 21. The largest absolute Gasteiger partial charge is 0.480 e. The Morgan fingerprint density at radius 3 is 1.18 bits per heavy atom. The Bertz CT molecular complexity index is 3940. The minimum atomic E-state index is -1.47. The first-order chi connectivity index (χ1) is 53.8. The molecule has 2 heterocycles. The summed E-state index contributed by atoms with van der Waals surface area (Å²) >= 11 is 0. The summed E-state index contributed by atoms with van der Waals surface area (Å²) in [6.07, 6.45) is 4.20. The van der Waals surface area contributed by atoms with E-state index in [1.807, 2.05) is 30.3 Å². The second-order valence-electron chi connectivity index (χ2n) is 30.7. The molecule has 4 rings (SSSR count). The van der Waals surface area contributed by atoms with Crippen molar-refractivity contribution in [1.29, 1.82) is 0 Å². The van der Waals surface area contributed by atoms with E-state index in [1.165, 1.54) is 0 Å². The third-order valence-corrected chi connectivity index (χ3v) is 19.9. The quantitative estimate of drug-likeness (QED) is 0.0154. The minimum absolute atomic E-state index is 0.00532. The number of carbonyl (C=O) groups excluding carboxylic acids is 12. The Hall–Kier alpha value is -10.9. The number of aromatic nitrogens is 2. The smallest absolute Gasteiger partial charge is 0.326 e. The molecule has 14 atom stereocenters. The van der Waals surface area contributed by atoms with Gasteiger partial charge >= 0.3 is 5.97 Å². The number of nitrogens with two attached hydrogens (primary N) is 7. The van der Waals surface area contributed by atoms with Crippen molar-refractivity contribution in [2.75, 3.05) is 19.6 Å². The summed E-state index contributed by atoms with van der Waals surface area (Å²) in [4.78, 5) is 199. The Morgan fingerprint density at radius 1 is 0.404 bits per heavy atom. The van der Waals surface area contributed by atoms with Gasteiger partial charge in [0.1, 0.15) is 66.5 Å². The number of aromatic amines is 2. The van der Waals surface area contributed by atoms with E-state index in [9.17, 15) is 43.5 Å². The minimum Gasteiger partial charge on any atom is -0.480 e. The highest BCUT2D eigenvalue weighted by molar-refractivity contribution is 6.00. The van der Waals surface area contributed by atoms with Crippen LogP contribution in [0.1, 0.15) is 171 Å². The lowest BCUT2D eigenvalue weighted by Crippen LogP contribution is -2.63. The molecule has 0 spiro atoms. The zero-order valence-electron chi connectivity index (χ0n) is 67.9. The van der Waals surface area contributed by atoms with E-state index < -0.39 is 173 Å². The number of fused-ring (bicyclic) bond motifs is 2. The third-order valence-electron chi connectivity index (χ3n) is 19.9. The standard InChI is InChI=1S/C78H126N22O14/c1-13-44(11)63(74(111)92-53(29-22-34-87-78(84)85)65(102)93-55(76(113)114)27-19-20-32-79)100-73(110)62(43(9)10)97-70(107)58(37-47-39-89-51-26-18-16-24-49(47)51)96-72(109)61(42(7)8)98-75(112)64(45(12)14-2)99-69(106)56(35-40(3)4)94-68(105)57(36-46-38-88-50-25-17-15-23-48(46)50)95-66(103)52(28-21-33-86-77(82)83)90-67(104)54(30-31-59(80)101)91-71(108)60(81)41(5)6/h15-18,23-26,38-45,52-58,60-64,88-89H,13-14,19-22,27-37,79,81H2,1-12H3,(H2,80,101)(H,90,104)(H,91,108)(H,92,111)(H,93,102)(H,94,105)(H,95,103)(H,96,109)(H,97,107)(H,98,112)(H,99,106)(H,100,110)(H,113,114)(H4,82,83,86)(H4,84,85,87)/t44-,45-,52-,53-,54-,55-,56-,57-,58-,60-,61-,62-,63-,64-/m0/s1. The molecule has 4 aromatic rings. The van der Waals surface area contributed by atoms with Crippen molar-refractivity contribution >= 4 is 111 Å². The van der Waals surface area contributed by atoms with E-state index in [-0.39, 0.29) is 101 Å². The van der Waals surface area contributed by atoms with Gasteiger partial charge < -0.3 is 114 Å². The first-order valence-electron chi connectivity index (χ1n) is 39.3. The second-order valence-corrected chi connectivity index (χ2v) is 30.7. The maximum absolute atomic E-state index is 15.1. The van der Waals surface area contributed by atoms with Gasteiger partial charge in [0.05, 0.1) is 6.04 Å². The number of carbonyl (C=O) groups is 13. The third kappa shape index (κ3) is 30.9. The van der Waals surface area contributed by atoms with Gasteiger partial charge in [-0.15, -0.1) is 0 Å². The number of carboxylic acid groups (broad SMARTS) is 1. The number of aliphatic imine (C=N–C) groups is 2. The van der Waals surface area contributed by atoms with E-state index in [1.54, 1.807) is 114 Å². The molecular formula is C78H126N22O14. The fourth-order valence-corrected chi connectivity index (χ4v) is 12.7. The van der Waals surface area contributed by atoms with Crippen molar-refractivity contribution in [3.63, 3.8) is 0 Å². The molecule has 0 bridgehead atoms. The summed E-state index contributed by atoms with van der Waals surface area (Å²) in [5.41, 5.74) is 42.1. The van der Waals surface area contributed by atoms with E-state index in [0.29, 0.717) is 65.2 Å². The normalized spacial score (nSPS) is 15.1. The molecule has 2 aromatic heterocycles. The van der Waals surface area contributed by atoms with Crippen molar-refractivity contribution < 1.29 is 67.4 Å². The topological polar surface area (TPSA) is 613 Å². The zero-order chi connectivity index (χ0) is 85.2. The lowest BCUT2D eigenvalue weighted by atomic mass is 9.95. The number of para-hydroxylation sites is 2. The highest BCUT2D eigenvalue weighted by Crippen LogP contribution is 2.23. The molecular weight excluding hydrogens is 1470 g/mol. The Balaban J connectivity index is 1.69. The monoisotopic (exact) mass is 1590 g/mol. The number of aliphatic carboxylic acids is 1. The van der Waals surface area contributed by atoms with Crippen LogP contribution in [0, 0.1) is 35.5 Å². The average molecular weight is 1600 g/mol. The molecule has 36 heteroatoms. The van der Waals surface area contributed by atoms with Crippen LogP contribution in [0.3, 0.4) is 0 Å². The van der Waals surface area contributed by atoms with Gasteiger partial charge in [0, 0.05) is 66.6 Å². The van der Waals surface area contributed by atoms with Gasteiger partial charge in [-0.05, 0) is 123 Å². The number of primary amides is 1.